The van der Waals surface area contributed by atoms with Crippen molar-refractivity contribution in [3.8, 4) is 0 Å². The minimum absolute atomic E-state index is 0.0489. The lowest BCUT2D eigenvalue weighted by molar-refractivity contribution is -0.475. The smallest absolute Gasteiger partial charge is 0.303 e. The molecule has 334 valence electrons. The Bertz CT molecular complexity index is 1610. The molecule has 59 heavy (non-hydrogen) atoms. The van der Waals surface area contributed by atoms with Crippen LogP contribution in [0, 0.1) is 52.3 Å². The molecule has 0 bridgehead atoms. The fourth-order valence-electron chi connectivity index (χ4n) is 13.8. The van der Waals surface area contributed by atoms with E-state index in [1.165, 1.54) is 13.8 Å². The Morgan fingerprint density at radius 2 is 1.53 bits per heavy atom. The molecule has 4 aliphatic heterocycles. The van der Waals surface area contributed by atoms with Gasteiger partial charge in [-0.05, 0) is 91.8 Å². The van der Waals surface area contributed by atoms with Crippen LogP contribution in [0.3, 0.4) is 0 Å². The average Bonchev–Trinajstić information content (AvgIpc) is 3.47. The van der Waals surface area contributed by atoms with Crippen LogP contribution in [0.1, 0.15) is 100 Å². The number of Topliss-reactive ketones (excluding diaryl/α,β-unsaturated/α-hetero) is 1. The largest absolute Gasteiger partial charge is 0.456 e. The summed E-state index contributed by atoms with van der Waals surface area (Å²) in [6, 6.07) is 0. The van der Waals surface area contributed by atoms with Crippen molar-refractivity contribution in [2.24, 2.45) is 52.3 Å². The summed E-state index contributed by atoms with van der Waals surface area (Å²) >= 11 is 0. The van der Waals surface area contributed by atoms with Gasteiger partial charge in [-0.2, -0.15) is 0 Å². The van der Waals surface area contributed by atoms with Crippen molar-refractivity contribution in [1.29, 1.82) is 0 Å². The summed E-state index contributed by atoms with van der Waals surface area (Å²) < 4.78 is 50.2. The lowest BCUT2D eigenvalue weighted by Crippen LogP contribution is -2.75. The molecule has 4 aliphatic carbocycles. The zero-order chi connectivity index (χ0) is 42.7. The topological polar surface area (TPSA) is 226 Å². The molecule has 0 amide bonds. The molecular formula is C43H66O16. The number of ether oxygens (including phenoxy) is 8. The number of aliphatic hydroxyl groups excluding tert-OH is 5. The summed E-state index contributed by atoms with van der Waals surface area (Å²) in [6.07, 6.45) is -9.71. The molecule has 4 saturated heterocycles. The molecule has 0 aromatic rings. The highest BCUT2D eigenvalue weighted by atomic mass is 16.8. The Morgan fingerprint density at radius 1 is 0.847 bits per heavy atom. The minimum atomic E-state index is -1.67. The van der Waals surface area contributed by atoms with Gasteiger partial charge in [-0.1, -0.05) is 34.6 Å². The van der Waals surface area contributed by atoms with E-state index in [1.54, 1.807) is 6.92 Å². The van der Waals surface area contributed by atoms with Gasteiger partial charge in [0.15, 0.2) is 30.9 Å². The zero-order valence-corrected chi connectivity index (χ0v) is 35.5. The predicted octanol–water partition coefficient (Wildman–Crippen LogP) is 1.76. The van der Waals surface area contributed by atoms with Crippen molar-refractivity contribution >= 4 is 17.7 Å². The van der Waals surface area contributed by atoms with Crippen LogP contribution < -0.4 is 0 Å². The summed E-state index contributed by atoms with van der Waals surface area (Å²) in [5.74, 6) is -2.99. The first-order chi connectivity index (χ1) is 27.7. The van der Waals surface area contributed by atoms with Crippen LogP contribution in [0.4, 0.5) is 0 Å². The van der Waals surface area contributed by atoms with E-state index in [0.29, 0.717) is 25.7 Å². The molecule has 1 spiro atoms. The molecule has 23 atom stereocenters. The third-order valence-corrected chi connectivity index (χ3v) is 16.4. The van der Waals surface area contributed by atoms with Crippen molar-refractivity contribution in [2.45, 2.75) is 192 Å². The van der Waals surface area contributed by atoms with Crippen molar-refractivity contribution < 1.29 is 77.8 Å². The van der Waals surface area contributed by atoms with Gasteiger partial charge >= 0.3 is 11.9 Å². The second-order valence-corrected chi connectivity index (χ2v) is 20.1. The zero-order valence-electron chi connectivity index (χ0n) is 35.5. The van der Waals surface area contributed by atoms with E-state index in [1.807, 2.05) is 20.8 Å². The maximum absolute atomic E-state index is 14.4. The lowest BCUT2D eigenvalue weighted by Gasteiger charge is -2.62. The standard InChI is InChI=1S/C43H66O16/c1-17(2)38-43(59-36-35(54-21(6)46)34(53-20(5)45)19(4)52-40(36)57-38)37(51)18(3)30-28(58-43)15-25-23-14-27(47)26-13-22(9-11-41(26,7)24(23)10-12-42(25,30)8)55-39-33(50)32(49)31(48)29(16-44)56-39/h17-19,22-26,28-40,44,48-51H,9-16H2,1-8H3/t18-,19+,22-,23+,24-,25-,26+,28-,29+,30-,31+,32-,33+,34-,35-,36+,37+,38-,39+,40-,41+,42-,43-/m0/s1. The normalized spacial score (nSPS) is 54.4. The van der Waals surface area contributed by atoms with Crippen LogP contribution in [-0.4, -0.2) is 141 Å². The number of carbonyl (C=O) groups excluding carboxylic acids is 3. The van der Waals surface area contributed by atoms with Crippen molar-refractivity contribution in [2.75, 3.05) is 6.61 Å². The molecule has 5 N–H and O–H groups in total. The Morgan fingerprint density at radius 3 is 2.19 bits per heavy atom. The van der Waals surface area contributed by atoms with Crippen LogP contribution in [0.5, 0.6) is 0 Å². The molecule has 8 fully saturated rings. The highest BCUT2D eigenvalue weighted by Gasteiger charge is 2.72. The summed E-state index contributed by atoms with van der Waals surface area (Å²) in [5.41, 5.74) is -0.534. The highest BCUT2D eigenvalue weighted by Crippen LogP contribution is 2.70. The quantitative estimate of drug-likeness (QED) is 0.190. The molecule has 16 heteroatoms. The van der Waals surface area contributed by atoms with Gasteiger partial charge < -0.3 is 63.4 Å². The van der Waals surface area contributed by atoms with Gasteiger partial charge in [-0.25, -0.2) is 0 Å². The highest BCUT2D eigenvalue weighted by molar-refractivity contribution is 5.83. The number of hydrogen-bond donors (Lipinski definition) is 5. The van der Waals surface area contributed by atoms with Crippen molar-refractivity contribution in [3.05, 3.63) is 0 Å². The first-order valence-electron chi connectivity index (χ1n) is 21.9. The Balaban J connectivity index is 1.03. The summed E-state index contributed by atoms with van der Waals surface area (Å²) in [7, 11) is 0. The van der Waals surface area contributed by atoms with E-state index in [2.05, 4.69) is 13.8 Å². The maximum atomic E-state index is 14.4. The number of esters is 2. The third kappa shape index (κ3) is 6.93. The SMILES string of the molecule is CC(=O)O[C@H]1[C@@H](OC(C)=O)[C@@H](C)O[C@H]2O[C@@H](C(C)C)[C@]3(O[C@@H]21)O[C@H]1C[C@H]2[C@@H]4CC(=O)[C@H]5C[C@@H](O[C@@H]6O[C@H](CO)[C@@H](O)[C@H](O)[C@H]6O)CC[C@]5(C)[C@H]4CC[C@]2(C)[C@H]1[C@H](C)[C@H]3O. The van der Waals surface area contributed by atoms with Gasteiger partial charge in [0, 0.05) is 26.2 Å². The van der Waals surface area contributed by atoms with Gasteiger partial charge in [0.2, 0.25) is 5.79 Å². The number of rotatable bonds is 6. The van der Waals surface area contributed by atoms with E-state index in [9.17, 15) is 39.9 Å². The first kappa shape index (κ1) is 43.8. The number of fused-ring (bicyclic) bond motifs is 8. The second-order valence-electron chi connectivity index (χ2n) is 20.1. The summed E-state index contributed by atoms with van der Waals surface area (Å²) in [6.45, 7) is 14.2. The van der Waals surface area contributed by atoms with E-state index < -0.39 is 104 Å². The van der Waals surface area contributed by atoms with E-state index >= 15 is 0 Å². The first-order valence-corrected chi connectivity index (χ1v) is 21.9. The summed E-state index contributed by atoms with van der Waals surface area (Å²) in [5, 5.41) is 53.5. The Labute approximate surface area is 345 Å². The van der Waals surface area contributed by atoms with E-state index in [-0.39, 0.29) is 64.1 Å². The number of aliphatic hydroxyl groups is 5. The number of ketones is 1. The van der Waals surface area contributed by atoms with Crippen LogP contribution in [-0.2, 0) is 52.3 Å². The molecule has 8 aliphatic rings. The monoisotopic (exact) mass is 838 g/mol. The lowest BCUT2D eigenvalue weighted by atomic mass is 9.44. The number of carbonyl (C=O) groups is 3. The van der Waals surface area contributed by atoms with Gasteiger partial charge in [-0.3, -0.25) is 14.4 Å². The molecule has 4 heterocycles. The average molecular weight is 839 g/mol. The Hall–Kier alpha value is -1.83. The van der Waals surface area contributed by atoms with Gasteiger partial charge in [0.05, 0.1) is 24.9 Å². The molecule has 0 radical (unpaired) electrons. The molecule has 4 saturated carbocycles. The van der Waals surface area contributed by atoms with Crippen LogP contribution in [0.25, 0.3) is 0 Å². The van der Waals surface area contributed by atoms with Crippen LogP contribution in [0.15, 0.2) is 0 Å². The Kier molecular flexibility index (Phi) is 11.7. The third-order valence-electron chi connectivity index (χ3n) is 16.4. The van der Waals surface area contributed by atoms with Crippen molar-refractivity contribution in [3.63, 3.8) is 0 Å². The molecule has 0 unspecified atom stereocenters. The fourth-order valence-corrected chi connectivity index (χ4v) is 13.8. The molecule has 0 aromatic heterocycles. The van der Waals surface area contributed by atoms with Crippen LogP contribution >= 0.6 is 0 Å². The van der Waals surface area contributed by atoms with Gasteiger partial charge in [-0.15, -0.1) is 0 Å². The second kappa shape index (κ2) is 15.8. The molecule has 16 nitrogen and oxygen atoms in total. The predicted molar refractivity (Wildman–Crippen MR) is 202 cm³/mol. The minimum Gasteiger partial charge on any atom is -0.456 e. The maximum Gasteiger partial charge on any atom is 0.303 e. The molecular weight excluding hydrogens is 772 g/mol. The number of hydrogen-bond acceptors (Lipinski definition) is 16. The van der Waals surface area contributed by atoms with Crippen molar-refractivity contribution in [1.82, 2.24) is 0 Å². The van der Waals surface area contributed by atoms with Gasteiger partial charge in [0.1, 0.15) is 42.4 Å². The fraction of sp³-hybridized carbons (Fsp3) is 0.930. The molecule has 8 rings (SSSR count). The van der Waals surface area contributed by atoms with E-state index in [0.717, 1.165) is 19.3 Å². The van der Waals surface area contributed by atoms with Crippen LogP contribution in [0.2, 0.25) is 0 Å². The van der Waals surface area contributed by atoms with E-state index in [4.69, 9.17) is 37.9 Å². The molecule has 0 aromatic carbocycles. The van der Waals surface area contributed by atoms with Gasteiger partial charge in [0.25, 0.3) is 0 Å². The summed E-state index contributed by atoms with van der Waals surface area (Å²) in [4.78, 5) is 39.1.